The highest BCUT2D eigenvalue weighted by Crippen LogP contribution is 2.30. The van der Waals surface area contributed by atoms with E-state index in [1.54, 1.807) is 4.90 Å². The number of aromatic nitrogens is 1. The van der Waals surface area contributed by atoms with E-state index < -0.39 is 4.92 Å². The second-order valence-corrected chi connectivity index (χ2v) is 4.61. The third kappa shape index (κ3) is 2.81. The maximum Gasteiger partial charge on any atom is 0.300 e. The second-order valence-electron chi connectivity index (χ2n) is 4.61. The Morgan fingerprint density at radius 2 is 2.32 bits per heavy atom. The molecule has 0 atom stereocenters. The van der Waals surface area contributed by atoms with Crippen LogP contribution in [0.2, 0.25) is 0 Å². The zero-order valence-corrected chi connectivity index (χ0v) is 10.7. The molecule has 1 aromatic heterocycles. The molecule has 7 nitrogen and oxygen atoms in total. The molecular weight excluding hydrogens is 248 g/mol. The summed E-state index contributed by atoms with van der Waals surface area (Å²) in [5.41, 5.74) is 5.26. The van der Waals surface area contributed by atoms with Crippen LogP contribution in [0.5, 0.6) is 0 Å². The van der Waals surface area contributed by atoms with E-state index in [4.69, 9.17) is 5.73 Å². The summed E-state index contributed by atoms with van der Waals surface area (Å²) in [4.78, 5) is 28.2. The van der Waals surface area contributed by atoms with Crippen molar-refractivity contribution < 1.29 is 9.72 Å². The molecule has 102 valence electrons. The van der Waals surface area contributed by atoms with Crippen molar-refractivity contribution in [3.63, 3.8) is 0 Å². The third-order valence-corrected chi connectivity index (χ3v) is 3.04. The molecule has 0 spiro atoms. The zero-order valence-electron chi connectivity index (χ0n) is 10.7. The summed E-state index contributed by atoms with van der Waals surface area (Å²) in [6.45, 7) is 2.57. The van der Waals surface area contributed by atoms with Crippen molar-refractivity contribution in [3.05, 3.63) is 27.9 Å². The highest BCUT2D eigenvalue weighted by Gasteiger charge is 2.35. The van der Waals surface area contributed by atoms with Gasteiger partial charge in [0.05, 0.1) is 4.92 Å². The van der Waals surface area contributed by atoms with Gasteiger partial charge in [0.1, 0.15) is 17.6 Å². The van der Waals surface area contributed by atoms with Crippen LogP contribution in [0.15, 0.2) is 12.3 Å². The summed E-state index contributed by atoms with van der Waals surface area (Å²) >= 11 is 0. The maximum atomic E-state index is 12.4. The number of nitrogen functional groups attached to an aromatic ring is 1. The van der Waals surface area contributed by atoms with Crippen LogP contribution in [0.4, 0.5) is 11.5 Å². The van der Waals surface area contributed by atoms with E-state index in [1.165, 1.54) is 6.07 Å². The Bertz CT molecular complexity index is 514. The molecule has 0 aromatic carbocycles. The number of hydrogen-bond acceptors (Lipinski definition) is 5. The standard InChI is InChI=1S/C12H16N4O3/c1-2-5-15(8-3-4-8)12(17)9-6-11(13)14-7-10(9)16(18)19/h6-8H,2-5H2,1H3,(H2,13,14). The van der Waals surface area contributed by atoms with E-state index in [0.717, 1.165) is 25.5 Å². The Balaban J connectivity index is 2.35. The first-order valence-electron chi connectivity index (χ1n) is 6.25. The monoisotopic (exact) mass is 264 g/mol. The first-order chi connectivity index (χ1) is 9.04. The molecule has 0 bridgehead atoms. The predicted molar refractivity (Wildman–Crippen MR) is 69.7 cm³/mol. The fourth-order valence-electron chi connectivity index (χ4n) is 2.01. The van der Waals surface area contributed by atoms with Crippen LogP contribution in [0.1, 0.15) is 36.5 Å². The summed E-state index contributed by atoms with van der Waals surface area (Å²) < 4.78 is 0. The zero-order chi connectivity index (χ0) is 14.0. The molecule has 1 aliphatic rings. The van der Waals surface area contributed by atoms with Gasteiger partial charge in [-0.25, -0.2) is 4.98 Å². The van der Waals surface area contributed by atoms with Crippen LogP contribution >= 0.6 is 0 Å². The second kappa shape index (κ2) is 5.21. The molecule has 1 saturated carbocycles. The van der Waals surface area contributed by atoms with Gasteiger partial charge in [0.2, 0.25) is 0 Å². The largest absolute Gasteiger partial charge is 0.384 e. The molecule has 1 aliphatic carbocycles. The molecule has 1 heterocycles. The third-order valence-electron chi connectivity index (χ3n) is 3.04. The lowest BCUT2D eigenvalue weighted by Gasteiger charge is -2.21. The van der Waals surface area contributed by atoms with Crippen LogP contribution in [-0.4, -0.2) is 33.3 Å². The lowest BCUT2D eigenvalue weighted by atomic mass is 10.2. The molecule has 1 aromatic rings. The minimum atomic E-state index is -0.600. The summed E-state index contributed by atoms with van der Waals surface area (Å²) in [6, 6.07) is 1.49. The van der Waals surface area contributed by atoms with Gasteiger partial charge >= 0.3 is 0 Å². The highest BCUT2D eigenvalue weighted by molar-refractivity contribution is 5.99. The van der Waals surface area contributed by atoms with Crippen molar-refractivity contribution in [2.75, 3.05) is 12.3 Å². The van der Waals surface area contributed by atoms with Crippen LogP contribution in [0.25, 0.3) is 0 Å². The number of pyridine rings is 1. The molecule has 2 N–H and O–H groups in total. The van der Waals surface area contributed by atoms with Crippen molar-refractivity contribution in [1.29, 1.82) is 0 Å². The van der Waals surface area contributed by atoms with E-state index in [9.17, 15) is 14.9 Å². The van der Waals surface area contributed by atoms with Crippen molar-refractivity contribution in [1.82, 2.24) is 9.88 Å². The van der Waals surface area contributed by atoms with Crippen molar-refractivity contribution in [2.24, 2.45) is 0 Å². The number of nitrogens with zero attached hydrogens (tertiary/aromatic N) is 3. The molecule has 0 aliphatic heterocycles. The van der Waals surface area contributed by atoms with E-state index in [1.807, 2.05) is 6.92 Å². The lowest BCUT2D eigenvalue weighted by molar-refractivity contribution is -0.385. The van der Waals surface area contributed by atoms with Gasteiger partial charge in [0, 0.05) is 12.6 Å². The number of nitrogens with two attached hydrogens (primary N) is 1. The molecule has 2 rings (SSSR count). The molecule has 1 fully saturated rings. The molecule has 1 amide bonds. The summed E-state index contributed by atoms with van der Waals surface area (Å²) in [5.74, 6) is -0.216. The normalized spacial score (nSPS) is 14.2. The Labute approximate surface area is 110 Å². The number of amides is 1. The number of carbonyl (C=O) groups is 1. The summed E-state index contributed by atoms with van der Waals surface area (Å²) in [7, 11) is 0. The molecule has 0 radical (unpaired) electrons. The molecule has 19 heavy (non-hydrogen) atoms. The van der Waals surface area contributed by atoms with E-state index in [2.05, 4.69) is 4.98 Å². The van der Waals surface area contributed by atoms with Crippen LogP contribution in [0.3, 0.4) is 0 Å². The molecule has 0 saturated heterocycles. The average molecular weight is 264 g/mol. The average Bonchev–Trinajstić information content (AvgIpc) is 3.19. The van der Waals surface area contributed by atoms with Gasteiger partial charge in [-0.05, 0) is 25.3 Å². The van der Waals surface area contributed by atoms with Crippen molar-refractivity contribution >= 4 is 17.4 Å². The quantitative estimate of drug-likeness (QED) is 0.642. The van der Waals surface area contributed by atoms with Gasteiger partial charge in [-0.15, -0.1) is 0 Å². The lowest BCUT2D eigenvalue weighted by Crippen LogP contribution is -2.34. The Morgan fingerprint density at radius 3 is 2.84 bits per heavy atom. The smallest absolute Gasteiger partial charge is 0.300 e. The molecule has 0 unspecified atom stereocenters. The molecular formula is C12H16N4O3. The number of nitro groups is 1. The predicted octanol–water partition coefficient (Wildman–Crippen LogP) is 1.59. The number of anilines is 1. The van der Waals surface area contributed by atoms with Gasteiger partial charge in [-0.1, -0.05) is 6.92 Å². The van der Waals surface area contributed by atoms with Crippen molar-refractivity contribution in [3.8, 4) is 0 Å². The number of hydrogen-bond donors (Lipinski definition) is 1. The fourth-order valence-corrected chi connectivity index (χ4v) is 2.01. The summed E-state index contributed by atoms with van der Waals surface area (Å²) in [5, 5.41) is 11.0. The number of rotatable bonds is 5. The van der Waals surface area contributed by atoms with Gasteiger partial charge in [0.25, 0.3) is 11.6 Å². The van der Waals surface area contributed by atoms with Gasteiger partial charge in [-0.3, -0.25) is 14.9 Å². The van der Waals surface area contributed by atoms with Crippen LogP contribution in [-0.2, 0) is 0 Å². The van der Waals surface area contributed by atoms with Crippen LogP contribution < -0.4 is 5.73 Å². The van der Waals surface area contributed by atoms with Crippen LogP contribution in [0, 0.1) is 10.1 Å². The summed E-state index contributed by atoms with van der Waals surface area (Å²) in [6.07, 6.45) is 3.77. The van der Waals surface area contributed by atoms with E-state index in [0.29, 0.717) is 6.54 Å². The first-order valence-corrected chi connectivity index (χ1v) is 6.25. The van der Waals surface area contributed by atoms with E-state index in [-0.39, 0.29) is 29.0 Å². The SMILES string of the molecule is CCCN(C(=O)c1cc(N)ncc1[N+](=O)[O-])C1CC1. The number of carbonyl (C=O) groups excluding carboxylic acids is 1. The van der Waals surface area contributed by atoms with E-state index >= 15 is 0 Å². The minimum Gasteiger partial charge on any atom is -0.384 e. The van der Waals surface area contributed by atoms with Gasteiger partial charge in [0.15, 0.2) is 0 Å². The minimum absolute atomic E-state index is 0.0258. The topological polar surface area (TPSA) is 102 Å². The highest BCUT2D eigenvalue weighted by atomic mass is 16.6. The van der Waals surface area contributed by atoms with Gasteiger partial charge < -0.3 is 10.6 Å². The van der Waals surface area contributed by atoms with Gasteiger partial charge in [-0.2, -0.15) is 0 Å². The van der Waals surface area contributed by atoms with Crippen molar-refractivity contribution in [2.45, 2.75) is 32.2 Å². The fraction of sp³-hybridized carbons (Fsp3) is 0.500. The Kier molecular flexibility index (Phi) is 3.64. The molecule has 7 heteroatoms. The Morgan fingerprint density at radius 1 is 1.63 bits per heavy atom. The first kappa shape index (κ1) is 13.3. The Hall–Kier alpha value is -2.18. The maximum absolute atomic E-state index is 12.4.